The van der Waals surface area contributed by atoms with E-state index in [0.717, 1.165) is 6.07 Å². The SMILES string of the molecule is O=[N+]([O-])c1cc(S(=O)(=O)C(F)(F)F)ccc1NCc1nc(-c2ccncc2)no1. The Labute approximate surface area is 160 Å². The van der Waals surface area contributed by atoms with Gasteiger partial charge in [0.2, 0.25) is 11.7 Å². The van der Waals surface area contributed by atoms with Crippen molar-refractivity contribution in [2.45, 2.75) is 16.9 Å². The Morgan fingerprint density at radius 1 is 1.17 bits per heavy atom. The van der Waals surface area contributed by atoms with Crippen LogP contribution in [-0.2, 0) is 16.4 Å². The summed E-state index contributed by atoms with van der Waals surface area (Å²) < 4.78 is 65.9. The van der Waals surface area contributed by atoms with Gasteiger partial charge in [-0.3, -0.25) is 15.1 Å². The average molecular weight is 429 g/mol. The zero-order chi connectivity index (χ0) is 21.2. The molecule has 0 radical (unpaired) electrons. The Balaban J connectivity index is 1.83. The second-order valence-corrected chi connectivity index (χ2v) is 7.43. The monoisotopic (exact) mass is 429 g/mol. The average Bonchev–Trinajstić information content (AvgIpc) is 3.15. The summed E-state index contributed by atoms with van der Waals surface area (Å²) in [6, 6.07) is 5.08. The molecule has 10 nitrogen and oxygen atoms in total. The predicted molar refractivity (Wildman–Crippen MR) is 91.2 cm³/mol. The molecule has 0 spiro atoms. The number of benzene rings is 1. The molecule has 152 valence electrons. The maximum absolute atomic E-state index is 12.7. The first-order valence-electron chi connectivity index (χ1n) is 7.66. The van der Waals surface area contributed by atoms with Crippen LogP contribution in [0.3, 0.4) is 0 Å². The summed E-state index contributed by atoms with van der Waals surface area (Å²) in [6.45, 7) is -0.190. The van der Waals surface area contributed by atoms with Gasteiger partial charge in [-0.25, -0.2) is 8.42 Å². The van der Waals surface area contributed by atoms with Gasteiger partial charge in [0.1, 0.15) is 5.69 Å². The first kappa shape index (κ1) is 20.2. The van der Waals surface area contributed by atoms with Crippen LogP contribution in [0.5, 0.6) is 0 Å². The van der Waals surface area contributed by atoms with Crippen molar-refractivity contribution in [2.24, 2.45) is 0 Å². The smallest absolute Gasteiger partial charge is 0.371 e. The lowest BCUT2D eigenvalue weighted by Gasteiger charge is -2.10. The standard InChI is InChI=1S/C15H10F3N5O5S/c16-15(17,18)29(26,27)10-1-2-11(12(7-10)23(24)25)20-8-13-21-14(22-28-13)9-3-5-19-6-4-9/h1-7,20H,8H2. The molecule has 0 fully saturated rings. The second kappa shape index (κ2) is 7.46. The number of rotatable bonds is 6. The van der Waals surface area contributed by atoms with E-state index in [0.29, 0.717) is 17.7 Å². The van der Waals surface area contributed by atoms with Gasteiger partial charge in [-0.05, 0) is 24.3 Å². The molecule has 0 aliphatic heterocycles. The van der Waals surface area contributed by atoms with Gasteiger partial charge in [0.05, 0.1) is 16.4 Å². The van der Waals surface area contributed by atoms with E-state index in [-0.39, 0.29) is 23.9 Å². The quantitative estimate of drug-likeness (QED) is 0.462. The van der Waals surface area contributed by atoms with Crippen LogP contribution >= 0.6 is 0 Å². The number of hydrogen-bond acceptors (Lipinski definition) is 9. The van der Waals surface area contributed by atoms with Crippen LogP contribution in [0.15, 0.2) is 52.1 Å². The van der Waals surface area contributed by atoms with E-state index in [4.69, 9.17) is 4.52 Å². The van der Waals surface area contributed by atoms with Gasteiger partial charge < -0.3 is 9.84 Å². The van der Waals surface area contributed by atoms with Crippen LogP contribution in [0.4, 0.5) is 24.5 Å². The molecule has 0 bridgehead atoms. The van der Waals surface area contributed by atoms with Gasteiger partial charge in [-0.1, -0.05) is 5.16 Å². The summed E-state index contributed by atoms with van der Waals surface area (Å²) in [5.41, 5.74) is -6.05. The van der Waals surface area contributed by atoms with Gasteiger partial charge in [0.25, 0.3) is 15.5 Å². The number of nitrogens with one attached hydrogen (secondary N) is 1. The van der Waals surface area contributed by atoms with Crippen LogP contribution < -0.4 is 5.32 Å². The molecule has 1 N–H and O–H groups in total. The summed E-state index contributed by atoms with van der Waals surface area (Å²) in [6.07, 6.45) is 3.03. The van der Waals surface area contributed by atoms with Crippen LogP contribution in [0.25, 0.3) is 11.4 Å². The Morgan fingerprint density at radius 2 is 1.86 bits per heavy atom. The Kier molecular flexibility index (Phi) is 5.19. The van der Waals surface area contributed by atoms with Crippen LogP contribution in [0.1, 0.15) is 5.89 Å². The van der Waals surface area contributed by atoms with Crippen molar-refractivity contribution in [1.82, 2.24) is 15.1 Å². The number of nitro groups is 1. The fraction of sp³-hybridized carbons (Fsp3) is 0.133. The third kappa shape index (κ3) is 4.16. The molecular formula is C15H10F3N5O5S. The highest BCUT2D eigenvalue weighted by Gasteiger charge is 2.47. The van der Waals surface area contributed by atoms with E-state index in [1.54, 1.807) is 12.1 Å². The molecule has 1 aromatic carbocycles. The van der Waals surface area contributed by atoms with E-state index < -0.39 is 30.9 Å². The number of hydrogen-bond donors (Lipinski definition) is 1. The van der Waals surface area contributed by atoms with Gasteiger partial charge in [-0.15, -0.1) is 0 Å². The minimum atomic E-state index is -5.72. The van der Waals surface area contributed by atoms with Crippen LogP contribution in [-0.4, -0.2) is 34.0 Å². The number of aromatic nitrogens is 3. The number of sulfone groups is 1. The number of nitro benzene ring substituents is 1. The highest BCUT2D eigenvalue weighted by molar-refractivity contribution is 7.92. The fourth-order valence-corrected chi connectivity index (χ4v) is 3.01. The third-order valence-electron chi connectivity index (χ3n) is 3.62. The maximum Gasteiger partial charge on any atom is 0.501 e. The lowest BCUT2D eigenvalue weighted by Crippen LogP contribution is -2.23. The summed E-state index contributed by atoms with van der Waals surface area (Å²) in [5, 5.41) is 17.5. The lowest BCUT2D eigenvalue weighted by molar-refractivity contribution is -0.384. The molecule has 0 saturated heterocycles. The van der Waals surface area contributed by atoms with Crippen molar-refractivity contribution in [3.05, 3.63) is 58.7 Å². The van der Waals surface area contributed by atoms with Crippen LogP contribution in [0, 0.1) is 10.1 Å². The molecule has 0 unspecified atom stereocenters. The van der Waals surface area contributed by atoms with Gasteiger partial charge in [0, 0.05) is 24.0 Å². The summed E-state index contributed by atoms with van der Waals surface area (Å²) in [7, 11) is -5.72. The number of alkyl halides is 3. The van der Waals surface area contributed by atoms with Crippen molar-refractivity contribution in [3.63, 3.8) is 0 Å². The minimum absolute atomic E-state index is 0.0399. The second-order valence-electron chi connectivity index (χ2n) is 5.49. The van der Waals surface area contributed by atoms with E-state index in [9.17, 15) is 31.7 Å². The molecule has 3 rings (SSSR count). The van der Waals surface area contributed by atoms with E-state index in [2.05, 4.69) is 20.4 Å². The van der Waals surface area contributed by atoms with Crippen LogP contribution in [0.2, 0.25) is 0 Å². The fourth-order valence-electron chi connectivity index (χ4n) is 2.23. The Bertz CT molecular complexity index is 1150. The molecule has 3 aromatic rings. The first-order chi connectivity index (χ1) is 13.6. The molecule has 0 aliphatic carbocycles. The van der Waals surface area contributed by atoms with Gasteiger partial charge >= 0.3 is 5.51 Å². The molecule has 0 amide bonds. The summed E-state index contributed by atoms with van der Waals surface area (Å²) in [4.78, 5) is 16.9. The molecular weight excluding hydrogens is 419 g/mol. The molecule has 14 heteroatoms. The van der Waals surface area contributed by atoms with E-state index >= 15 is 0 Å². The number of halogens is 3. The summed E-state index contributed by atoms with van der Waals surface area (Å²) in [5.74, 6) is 0.281. The minimum Gasteiger partial charge on any atom is -0.371 e. The molecule has 29 heavy (non-hydrogen) atoms. The number of pyridine rings is 1. The van der Waals surface area contributed by atoms with Crippen molar-refractivity contribution in [1.29, 1.82) is 0 Å². The van der Waals surface area contributed by atoms with Crippen molar-refractivity contribution < 1.29 is 31.0 Å². The maximum atomic E-state index is 12.7. The van der Waals surface area contributed by atoms with Crippen molar-refractivity contribution in [2.75, 3.05) is 5.32 Å². The number of anilines is 1. The molecule has 0 saturated carbocycles. The third-order valence-corrected chi connectivity index (χ3v) is 5.10. The first-order valence-corrected chi connectivity index (χ1v) is 9.14. The highest BCUT2D eigenvalue weighted by Crippen LogP contribution is 2.34. The van der Waals surface area contributed by atoms with Crippen molar-refractivity contribution in [3.8, 4) is 11.4 Å². The molecule has 0 aliphatic rings. The zero-order valence-electron chi connectivity index (χ0n) is 14.1. The molecule has 0 atom stereocenters. The Morgan fingerprint density at radius 3 is 2.48 bits per heavy atom. The van der Waals surface area contributed by atoms with Gasteiger partial charge in [0.15, 0.2) is 0 Å². The normalized spacial score (nSPS) is 12.0. The van der Waals surface area contributed by atoms with E-state index in [1.807, 2.05) is 0 Å². The zero-order valence-corrected chi connectivity index (χ0v) is 14.9. The molecule has 2 heterocycles. The van der Waals surface area contributed by atoms with Gasteiger partial charge in [-0.2, -0.15) is 18.2 Å². The predicted octanol–water partition coefficient (Wildman–Crippen LogP) is 2.95. The largest absolute Gasteiger partial charge is 0.501 e. The topological polar surface area (TPSA) is 141 Å². The molecule has 2 aromatic heterocycles. The summed E-state index contributed by atoms with van der Waals surface area (Å²) >= 11 is 0. The highest BCUT2D eigenvalue weighted by atomic mass is 32.2. The Hall–Kier alpha value is -3.55. The lowest BCUT2D eigenvalue weighted by atomic mass is 10.2. The van der Waals surface area contributed by atoms with Crippen molar-refractivity contribution >= 4 is 21.2 Å². The number of nitrogens with zero attached hydrogens (tertiary/aromatic N) is 4. The van der Waals surface area contributed by atoms with E-state index in [1.165, 1.54) is 12.4 Å².